The maximum atomic E-state index is 4.21. The van der Waals surface area contributed by atoms with Gasteiger partial charge in [-0.15, -0.1) is 0 Å². The molecule has 0 fully saturated rings. The number of nitrogens with one attached hydrogen (secondary N) is 1. The summed E-state index contributed by atoms with van der Waals surface area (Å²) in [6.45, 7) is 2.93. The van der Waals surface area contributed by atoms with Crippen LogP contribution in [0.2, 0.25) is 0 Å². The normalized spacial score (nSPS) is 12.5. The van der Waals surface area contributed by atoms with Gasteiger partial charge >= 0.3 is 0 Å². The van der Waals surface area contributed by atoms with Gasteiger partial charge in [0.1, 0.15) is 0 Å². The molecule has 1 unspecified atom stereocenters. The zero-order chi connectivity index (χ0) is 13.1. The number of anilines is 1. The fourth-order valence-corrected chi connectivity index (χ4v) is 2.12. The molecule has 0 radical (unpaired) electrons. The Bertz CT molecular complexity index is 657. The Balaban J connectivity index is 1.81. The Kier molecular flexibility index (Phi) is 3.10. The minimum atomic E-state index is 0.257. The molecule has 0 bridgehead atoms. The molecule has 2 heterocycles. The Morgan fingerprint density at radius 1 is 1.26 bits per heavy atom. The van der Waals surface area contributed by atoms with Crippen LogP contribution in [0.1, 0.15) is 6.92 Å². The number of fused-ring (bicyclic) bond motifs is 1. The first-order chi connectivity index (χ1) is 9.33. The van der Waals surface area contributed by atoms with Gasteiger partial charge in [-0.3, -0.25) is 4.68 Å². The lowest BCUT2D eigenvalue weighted by Gasteiger charge is -2.16. The van der Waals surface area contributed by atoms with Crippen LogP contribution >= 0.6 is 0 Å². The number of hydrogen-bond acceptors (Lipinski definition) is 4. The molecule has 5 nitrogen and oxygen atoms in total. The highest BCUT2D eigenvalue weighted by molar-refractivity contribution is 5.90. The molecule has 0 saturated heterocycles. The van der Waals surface area contributed by atoms with E-state index in [9.17, 15) is 0 Å². The summed E-state index contributed by atoms with van der Waals surface area (Å²) in [7, 11) is 0. The van der Waals surface area contributed by atoms with Crippen molar-refractivity contribution in [3.8, 4) is 0 Å². The van der Waals surface area contributed by atoms with Crippen molar-refractivity contribution in [2.24, 2.45) is 0 Å². The molecular formula is C14H15N5. The average molecular weight is 253 g/mol. The molecule has 0 aliphatic carbocycles. The summed E-state index contributed by atoms with van der Waals surface area (Å²) >= 11 is 0. The quantitative estimate of drug-likeness (QED) is 0.775. The number of nitrogens with zero attached hydrogens (tertiary/aromatic N) is 4. The molecule has 96 valence electrons. The third-order valence-corrected chi connectivity index (χ3v) is 2.97. The van der Waals surface area contributed by atoms with E-state index < -0.39 is 0 Å². The molecule has 0 saturated carbocycles. The van der Waals surface area contributed by atoms with Crippen LogP contribution in [0.4, 0.5) is 5.69 Å². The molecule has 1 N–H and O–H groups in total. The first-order valence-corrected chi connectivity index (χ1v) is 6.27. The fourth-order valence-electron chi connectivity index (χ4n) is 2.12. The van der Waals surface area contributed by atoms with Crippen LogP contribution in [0, 0.1) is 0 Å². The SMILES string of the molecule is CC(Cn1cccn1)Nc1cnnc2ccccc12. The third-order valence-electron chi connectivity index (χ3n) is 2.97. The maximum Gasteiger partial charge on any atom is 0.0950 e. The van der Waals surface area contributed by atoms with Crippen LogP contribution in [0.15, 0.2) is 48.9 Å². The number of rotatable bonds is 4. The summed E-state index contributed by atoms with van der Waals surface area (Å²) in [5.74, 6) is 0. The fraction of sp³-hybridized carbons (Fsp3) is 0.214. The Morgan fingerprint density at radius 2 is 2.16 bits per heavy atom. The summed E-state index contributed by atoms with van der Waals surface area (Å²) < 4.78 is 1.91. The summed E-state index contributed by atoms with van der Waals surface area (Å²) in [5.41, 5.74) is 1.91. The third kappa shape index (κ3) is 2.54. The second-order valence-electron chi connectivity index (χ2n) is 4.55. The number of benzene rings is 1. The number of aromatic nitrogens is 4. The van der Waals surface area contributed by atoms with E-state index in [4.69, 9.17) is 0 Å². The van der Waals surface area contributed by atoms with Gasteiger partial charge in [-0.2, -0.15) is 15.3 Å². The van der Waals surface area contributed by atoms with E-state index >= 15 is 0 Å². The van der Waals surface area contributed by atoms with Gasteiger partial charge in [0.25, 0.3) is 0 Å². The summed E-state index contributed by atoms with van der Waals surface area (Å²) in [6.07, 6.45) is 5.51. The molecule has 3 rings (SSSR count). The van der Waals surface area contributed by atoms with Crippen molar-refractivity contribution in [1.29, 1.82) is 0 Å². The zero-order valence-electron chi connectivity index (χ0n) is 10.7. The Labute approximate surface area is 111 Å². The van der Waals surface area contributed by atoms with Gasteiger partial charge in [0, 0.05) is 23.8 Å². The molecule has 1 aromatic carbocycles. The molecule has 3 aromatic rings. The van der Waals surface area contributed by atoms with E-state index in [1.54, 1.807) is 12.4 Å². The van der Waals surface area contributed by atoms with Crippen molar-refractivity contribution < 1.29 is 0 Å². The van der Waals surface area contributed by atoms with E-state index in [-0.39, 0.29) is 6.04 Å². The van der Waals surface area contributed by atoms with Crippen molar-refractivity contribution >= 4 is 16.6 Å². The maximum absolute atomic E-state index is 4.21. The van der Waals surface area contributed by atoms with Crippen molar-refractivity contribution in [1.82, 2.24) is 20.0 Å². The lowest BCUT2D eigenvalue weighted by atomic mass is 10.2. The van der Waals surface area contributed by atoms with E-state index in [0.717, 1.165) is 23.1 Å². The van der Waals surface area contributed by atoms with Gasteiger partial charge in [0.2, 0.25) is 0 Å². The second kappa shape index (κ2) is 5.06. The molecule has 19 heavy (non-hydrogen) atoms. The van der Waals surface area contributed by atoms with E-state index in [1.807, 2.05) is 41.2 Å². The lowest BCUT2D eigenvalue weighted by molar-refractivity contribution is 0.561. The molecule has 1 atom stereocenters. The Hall–Kier alpha value is -2.43. The van der Waals surface area contributed by atoms with E-state index in [0.29, 0.717) is 0 Å². The monoisotopic (exact) mass is 253 g/mol. The van der Waals surface area contributed by atoms with Crippen molar-refractivity contribution in [3.63, 3.8) is 0 Å². The van der Waals surface area contributed by atoms with Gasteiger partial charge in [0.05, 0.1) is 23.9 Å². The van der Waals surface area contributed by atoms with E-state index in [2.05, 4.69) is 27.5 Å². The average Bonchev–Trinajstić information content (AvgIpc) is 2.92. The Morgan fingerprint density at radius 3 is 3.00 bits per heavy atom. The molecule has 0 amide bonds. The van der Waals surface area contributed by atoms with Crippen molar-refractivity contribution in [2.45, 2.75) is 19.5 Å². The first-order valence-electron chi connectivity index (χ1n) is 6.27. The predicted molar refractivity (Wildman–Crippen MR) is 74.8 cm³/mol. The van der Waals surface area contributed by atoms with Gasteiger partial charge < -0.3 is 5.32 Å². The highest BCUT2D eigenvalue weighted by Crippen LogP contribution is 2.20. The first kappa shape index (κ1) is 11.6. The van der Waals surface area contributed by atoms with Crippen molar-refractivity contribution in [3.05, 3.63) is 48.9 Å². The minimum absolute atomic E-state index is 0.257. The smallest absolute Gasteiger partial charge is 0.0950 e. The van der Waals surface area contributed by atoms with Gasteiger partial charge in [-0.25, -0.2) is 0 Å². The molecule has 0 aliphatic rings. The van der Waals surface area contributed by atoms with Gasteiger partial charge in [-0.05, 0) is 19.1 Å². The topological polar surface area (TPSA) is 55.6 Å². The zero-order valence-corrected chi connectivity index (χ0v) is 10.7. The second-order valence-corrected chi connectivity index (χ2v) is 4.55. The van der Waals surface area contributed by atoms with Crippen LogP contribution in [0.25, 0.3) is 10.9 Å². The highest BCUT2D eigenvalue weighted by Gasteiger charge is 2.07. The van der Waals surface area contributed by atoms with Crippen LogP contribution < -0.4 is 5.32 Å². The lowest BCUT2D eigenvalue weighted by Crippen LogP contribution is -2.22. The van der Waals surface area contributed by atoms with Crippen LogP contribution in [0.3, 0.4) is 0 Å². The molecule has 2 aromatic heterocycles. The van der Waals surface area contributed by atoms with Crippen molar-refractivity contribution in [2.75, 3.05) is 5.32 Å². The summed E-state index contributed by atoms with van der Waals surface area (Å²) in [5, 5.41) is 16.9. The standard InChI is InChI=1S/C14H15N5/c1-11(10-19-8-4-7-16-19)17-14-9-15-18-13-6-3-2-5-12(13)14/h2-9,11H,10H2,1H3,(H,17,18). The van der Waals surface area contributed by atoms with Crippen LogP contribution in [-0.2, 0) is 6.54 Å². The largest absolute Gasteiger partial charge is 0.379 e. The van der Waals surface area contributed by atoms with E-state index in [1.165, 1.54) is 0 Å². The molecule has 5 heteroatoms. The van der Waals surface area contributed by atoms with Gasteiger partial charge in [-0.1, -0.05) is 18.2 Å². The predicted octanol–water partition coefficient (Wildman–Crippen LogP) is 2.33. The van der Waals surface area contributed by atoms with Crippen LogP contribution in [0.5, 0.6) is 0 Å². The highest BCUT2D eigenvalue weighted by atomic mass is 15.3. The molecule has 0 spiro atoms. The van der Waals surface area contributed by atoms with Gasteiger partial charge in [0.15, 0.2) is 0 Å². The number of hydrogen-bond donors (Lipinski definition) is 1. The molecule has 0 aliphatic heterocycles. The summed E-state index contributed by atoms with van der Waals surface area (Å²) in [6, 6.07) is 10.2. The minimum Gasteiger partial charge on any atom is -0.379 e. The summed E-state index contributed by atoms with van der Waals surface area (Å²) in [4.78, 5) is 0. The molecular weight excluding hydrogens is 238 g/mol. The van der Waals surface area contributed by atoms with Crippen LogP contribution in [-0.4, -0.2) is 26.0 Å².